The summed E-state index contributed by atoms with van der Waals surface area (Å²) in [5.41, 5.74) is -0.524. The van der Waals surface area contributed by atoms with Crippen molar-refractivity contribution in [2.75, 3.05) is 19.6 Å². The summed E-state index contributed by atoms with van der Waals surface area (Å²) >= 11 is 0. The monoisotopic (exact) mass is 214 g/mol. The van der Waals surface area contributed by atoms with Crippen molar-refractivity contribution in [2.45, 2.75) is 32.8 Å². The Labute approximate surface area is 89.8 Å². The smallest absolute Gasteiger partial charge is 0.408 e. The molecular formula is C10H18N2O3. The molecule has 1 N–H and O–H groups in total. The molecule has 0 aliphatic carbocycles. The summed E-state index contributed by atoms with van der Waals surface area (Å²) in [5, 5.41) is 2.44. The van der Waals surface area contributed by atoms with Crippen molar-refractivity contribution >= 4 is 12.0 Å². The fraction of sp³-hybridized carbons (Fsp3) is 0.800. The second-order valence-corrected chi connectivity index (χ2v) is 4.59. The molecule has 1 saturated heterocycles. The zero-order chi connectivity index (χ0) is 11.5. The summed E-state index contributed by atoms with van der Waals surface area (Å²) in [4.78, 5) is 24.2. The van der Waals surface area contributed by atoms with E-state index in [9.17, 15) is 9.59 Å². The van der Waals surface area contributed by atoms with Crippen molar-refractivity contribution in [3.05, 3.63) is 0 Å². The first-order valence-corrected chi connectivity index (χ1v) is 5.13. The topological polar surface area (TPSA) is 58.6 Å². The molecular weight excluding hydrogens is 196 g/mol. The molecule has 1 rings (SSSR count). The number of rotatable bonds is 2. The maximum atomic E-state index is 11.4. The number of carbonyl (C=O) groups excluding carboxylic acids is 2. The molecule has 1 aliphatic heterocycles. The Hall–Kier alpha value is -1.26. The zero-order valence-electron chi connectivity index (χ0n) is 9.50. The van der Waals surface area contributed by atoms with Gasteiger partial charge in [0.1, 0.15) is 12.1 Å². The van der Waals surface area contributed by atoms with Crippen molar-refractivity contribution in [1.82, 2.24) is 10.2 Å². The van der Waals surface area contributed by atoms with Crippen LogP contribution in [0.25, 0.3) is 0 Å². The molecule has 2 amide bonds. The molecule has 0 bridgehead atoms. The molecule has 0 radical (unpaired) electrons. The highest BCUT2D eigenvalue weighted by Gasteiger charge is 2.21. The van der Waals surface area contributed by atoms with Gasteiger partial charge in [-0.05, 0) is 27.2 Å². The number of amides is 2. The number of hydrogen-bond donors (Lipinski definition) is 1. The predicted octanol–water partition coefficient (Wildman–Crippen LogP) is 0.743. The van der Waals surface area contributed by atoms with Crippen LogP contribution in [0.5, 0.6) is 0 Å². The minimum absolute atomic E-state index is 0.0227. The summed E-state index contributed by atoms with van der Waals surface area (Å²) in [6.45, 7) is 6.97. The van der Waals surface area contributed by atoms with E-state index in [2.05, 4.69) is 5.32 Å². The fourth-order valence-corrected chi connectivity index (χ4v) is 1.14. The average Bonchev–Trinajstić information content (AvgIpc) is 1.94. The molecule has 0 aromatic carbocycles. The Balaban J connectivity index is 2.18. The minimum Gasteiger partial charge on any atom is -0.444 e. The second-order valence-electron chi connectivity index (χ2n) is 4.59. The van der Waals surface area contributed by atoms with E-state index < -0.39 is 11.7 Å². The Morgan fingerprint density at radius 1 is 1.33 bits per heavy atom. The van der Waals surface area contributed by atoms with E-state index in [0.29, 0.717) is 0 Å². The molecule has 5 heteroatoms. The summed E-state index contributed by atoms with van der Waals surface area (Å²) in [5.74, 6) is -0.0490. The summed E-state index contributed by atoms with van der Waals surface area (Å²) < 4.78 is 5.00. The van der Waals surface area contributed by atoms with E-state index in [0.717, 1.165) is 19.5 Å². The molecule has 5 nitrogen and oxygen atoms in total. The molecule has 0 aromatic rings. The van der Waals surface area contributed by atoms with Crippen LogP contribution in [0.3, 0.4) is 0 Å². The standard InChI is InChI=1S/C10H18N2O3/c1-10(2,3)15-9(14)11-7-8(13)12-5-4-6-12/h4-7H2,1-3H3,(H,11,14). The van der Waals surface area contributed by atoms with Gasteiger partial charge in [0.15, 0.2) is 0 Å². The second kappa shape index (κ2) is 4.51. The highest BCUT2D eigenvalue weighted by molar-refractivity contribution is 5.82. The number of carbonyl (C=O) groups is 2. The van der Waals surface area contributed by atoms with Crippen LogP contribution in [0, 0.1) is 0 Å². The Morgan fingerprint density at radius 3 is 2.33 bits per heavy atom. The van der Waals surface area contributed by atoms with Crippen LogP contribution < -0.4 is 5.32 Å². The predicted molar refractivity (Wildman–Crippen MR) is 55.4 cm³/mol. The lowest BCUT2D eigenvalue weighted by Gasteiger charge is -2.31. The maximum Gasteiger partial charge on any atom is 0.408 e. The van der Waals surface area contributed by atoms with Crippen LogP contribution in [-0.4, -0.2) is 42.1 Å². The first-order valence-electron chi connectivity index (χ1n) is 5.13. The minimum atomic E-state index is -0.545. The Kier molecular flexibility index (Phi) is 3.55. The number of alkyl carbamates (subject to hydrolysis) is 1. The third kappa shape index (κ3) is 4.18. The van der Waals surface area contributed by atoms with Gasteiger partial charge in [-0.15, -0.1) is 0 Å². The third-order valence-corrected chi connectivity index (χ3v) is 1.99. The van der Waals surface area contributed by atoms with E-state index in [1.54, 1.807) is 25.7 Å². The highest BCUT2D eigenvalue weighted by Crippen LogP contribution is 2.07. The number of nitrogens with one attached hydrogen (secondary N) is 1. The lowest BCUT2D eigenvalue weighted by atomic mass is 10.2. The molecule has 0 spiro atoms. The van der Waals surface area contributed by atoms with Crippen molar-refractivity contribution < 1.29 is 14.3 Å². The van der Waals surface area contributed by atoms with E-state index in [4.69, 9.17) is 4.74 Å². The van der Waals surface area contributed by atoms with Gasteiger partial charge < -0.3 is 15.0 Å². The molecule has 0 saturated carbocycles. The Bertz CT molecular complexity index is 254. The number of likely N-dealkylation sites (tertiary alicyclic amines) is 1. The molecule has 0 unspecified atom stereocenters. The molecule has 0 aromatic heterocycles. The van der Waals surface area contributed by atoms with Crippen LogP contribution >= 0.6 is 0 Å². The van der Waals surface area contributed by atoms with Gasteiger partial charge in [0.25, 0.3) is 0 Å². The largest absolute Gasteiger partial charge is 0.444 e. The molecule has 1 heterocycles. The Morgan fingerprint density at radius 2 is 1.93 bits per heavy atom. The van der Waals surface area contributed by atoms with Gasteiger partial charge in [-0.1, -0.05) is 0 Å². The third-order valence-electron chi connectivity index (χ3n) is 1.99. The van der Waals surface area contributed by atoms with Gasteiger partial charge >= 0.3 is 6.09 Å². The van der Waals surface area contributed by atoms with Crippen LogP contribution in [-0.2, 0) is 9.53 Å². The number of ether oxygens (including phenoxy) is 1. The van der Waals surface area contributed by atoms with Crippen molar-refractivity contribution in [1.29, 1.82) is 0 Å². The van der Waals surface area contributed by atoms with Crippen molar-refractivity contribution in [2.24, 2.45) is 0 Å². The highest BCUT2D eigenvalue weighted by atomic mass is 16.6. The zero-order valence-corrected chi connectivity index (χ0v) is 9.50. The maximum absolute atomic E-state index is 11.4. The molecule has 86 valence electrons. The summed E-state index contributed by atoms with van der Waals surface area (Å²) in [6, 6.07) is 0. The molecule has 1 aliphatic rings. The van der Waals surface area contributed by atoms with Gasteiger partial charge in [0.05, 0.1) is 0 Å². The van der Waals surface area contributed by atoms with Crippen LogP contribution in [0.15, 0.2) is 0 Å². The van der Waals surface area contributed by atoms with Gasteiger partial charge in [0, 0.05) is 13.1 Å². The first kappa shape index (κ1) is 11.8. The first-order chi connectivity index (χ1) is 6.88. The van der Waals surface area contributed by atoms with E-state index in [-0.39, 0.29) is 12.5 Å². The van der Waals surface area contributed by atoms with Crippen molar-refractivity contribution in [3.8, 4) is 0 Å². The van der Waals surface area contributed by atoms with Crippen molar-refractivity contribution in [3.63, 3.8) is 0 Å². The quantitative estimate of drug-likeness (QED) is 0.737. The lowest BCUT2D eigenvalue weighted by molar-refractivity contribution is -0.133. The fourth-order valence-electron chi connectivity index (χ4n) is 1.14. The van der Waals surface area contributed by atoms with Crippen LogP contribution in [0.4, 0.5) is 4.79 Å². The summed E-state index contributed by atoms with van der Waals surface area (Å²) in [7, 11) is 0. The number of hydrogen-bond acceptors (Lipinski definition) is 3. The molecule has 1 fully saturated rings. The molecule has 0 atom stereocenters. The van der Waals surface area contributed by atoms with Gasteiger partial charge in [-0.3, -0.25) is 4.79 Å². The summed E-state index contributed by atoms with van der Waals surface area (Å²) in [6.07, 6.45) is 0.509. The number of nitrogens with zero attached hydrogens (tertiary/aromatic N) is 1. The lowest BCUT2D eigenvalue weighted by Crippen LogP contribution is -2.47. The van der Waals surface area contributed by atoms with Gasteiger partial charge in [-0.25, -0.2) is 4.79 Å². The van der Waals surface area contributed by atoms with E-state index >= 15 is 0 Å². The van der Waals surface area contributed by atoms with Gasteiger partial charge in [-0.2, -0.15) is 0 Å². The normalized spacial score (nSPS) is 15.5. The average molecular weight is 214 g/mol. The van der Waals surface area contributed by atoms with Crippen LogP contribution in [0.1, 0.15) is 27.2 Å². The van der Waals surface area contributed by atoms with E-state index in [1.807, 2.05) is 0 Å². The van der Waals surface area contributed by atoms with Crippen LogP contribution in [0.2, 0.25) is 0 Å². The molecule has 15 heavy (non-hydrogen) atoms. The van der Waals surface area contributed by atoms with Gasteiger partial charge in [0.2, 0.25) is 5.91 Å². The SMILES string of the molecule is CC(C)(C)OC(=O)NCC(=O)N1CCC1. The van der Waals surface area contributed by atoms with E-state index in [1.165, 1.54) is 0 Å².